The van der Waals surface area contributed by atoms with Crippen molar-refractivity contribution in [2.75, 3.05) is 0 Å². The van der Waals surface area contributed by atoms with Crippen LogP contribution in [0.1, 0.15) is 75.0 Å². The summed E-state index contributed by atoms with van der Waals surface area (Å²) in [6, 6.07) is 4.41. The van der Waals surface area contributed by atoms with Crippen molar-refractivity contribution in [2.24, 2.45) is 5.92 Å². The monoisotopic (exact) mass is 258 g/mol. The molecule has 19 heavy (non-hydrogen) atoms. The average molecular weight is 258 g/mol. The smallest absolute Gasteiger partial charge is 0.160 e. The largest absolute Gasteiger partial charge is 0.295 e. The van der Waals surface area contributed by atoms with Gasteiger partial charge in [-0.3, -0.25) is 4.79 Å². The number of fused-ring (bicyclic) bond motifs is 1. The summed E-state index contributed by atoms with van der Waals surface area (Å²) in [7, 11) is 0. The van der Waals surface area contributed by atoms with E-state index in [4.69, 9.17) is 0 Å². The van der Waals surface area contributed by atoms with E-state index in [2.05, 4.69) is 53.7 Å². The lowest BCUT2D eigenvalue weighted by Gasteiger charge is -2.35. The molecule has 0 aromatic heterocycles. The number of carbonyl (C=O) groups excluding carboxylic acids is 1. The third-order valence-corrected chi connectivity index (χ3v) is 5.28. The molecule has 0 saturated heterocycles. The number of carbonyl (C=O) groups is 1. The van der Waals surface area contributed by atoms with Crippen LogP contribution >= 0.6 is 0 Å². The fraction of sp³-hybridized carbons (Fsp3) is 0.611. The molecule has 0 fully saturated rings. The van der Waals surface area contributed by atoms with Gasteiger partial charge in [-0.05, 0) is 53.4 Å². The van der Waals surface area contributed by atoms with E-state index >= 15 is 0 Å². The molecule has 0 saturated carbocycles. The number of benzene rings is 1. The van der Waals surface area contributed by atoms with Gasteiger partial charge in [0.2, 0.25) is 0 Å². The zero-order chi connectivity index (χ0) is 14.6. The van der Waals surface area contributed by atoms with Gasteiger partial charge in [-0.15, -0.1) is 0 Å². The summed E-state index contributed by atoms with van der Waals surface area (Å²) in [4.78, 5) is 11.8. The van der Waals surface area contributed by atoms with Crippen molar-refractivity contribution in [1.29, 1.82) is 0 Å². The second-order valence-electron chi connectivity index (χ2n) is 7.17. The Labute approximate surface area is 117 Å². The van der Waals surface area contributed by atoms with Gasteiger partial charge >= 0.3 is 0 Å². The maximum absolute atomic E-state index is 11.8. The molecule has 0 heterocycles. The molecule has 0 N–H and O–H groups in total. The van der Waals surface area contributed by atoms with Crippen LogP contribution in [0.5, 0.6) is 0 Å². The van der Waals surface area contributed by atoms with Gasteiger partial charge in [0, 0.05) is 5.56 Å². The van der Waals surface area contributed by atoms with Gasteiger partial charge in [-0.2, -0.15) is 0 Å². The van der Waals surface area contributed by atoms with Crippen LogP contribution in [0.4, 0.5) is 0 Å². The molecule has 0 unspecified atom stereocenters. The fourth-order valence-electron chi connectivity index (χ4n) is 4.45. The van der Waals surface area contributed by atoms with Crippen LogP contribution in [0.15, 0.2) is 12.1 Å². The lowest BCUT2D eigenvalue weighted by atomic mass is 9.69. The quantitative estimate of drug-likeness (QED) is 0.697. The predicted molar refractivity (Wildman–Crippen MR) is 81.0 cm³/mol. The van der Waals surface area contributed by atoms with E-state index in [9.17, 15) is 4.79 Å². The Kier molecular flexibility index (Phi) is 3.16. The number of hydrogen-bond acceptors (Lipinski definition) is 1. The maximum Gasteiger partial charge on any atom is 0.160 e. The second kappa shape index (κ2) is 4.19. The number of Topliss-reactive ketones (excluding diaryl/α,β-unsaturated/α-hetero) is 1. The molecule has 1 aromatic carbocycles. The van der Waals surface area contributed by atoms with Crippen molar-refractivity contribution in [3.8, 4) is 0 Å². The highest BCUT2D eigenvalue weighted by Gasteiger charge is 2.50. The number of aryl methyl sites for hydroxylation is 1. The molecule has 2 rings (SSSR count). The Morgan fingerprint density at radius 1 is 1.11 bits per heavy atom. The van der Waals surface area contributed by atoms with Gasteiger partial charge in [0.05, 0.1) is 0 Å². The van der Waals surface area contributed by atoms with Crippen molar-refractivity contribution in [2.45, 2.75) is 65.7 Å². The molecule has 1 aliphatic rings. The Hall–Kier alpha value is -1.11. The van der Waals surface area contributed by atoms with Gasteiger partial charge < -0.3 is 0 Å². The summed E-state index contributed by atoms with van der Waals surface area (Å²) < 4.78 is 0. The molecule has 1 heteroatoms. The molecule has 1 atom stereocenters. The van der Waals surface area contributed by atoms with Crippen LogP contribution in [-0.4, -0.2) is 5.78 Å². The molecule has 104 valence electrons. The minimum absolute atomic E-state index is 0.144. The Bertz CT molecular complexity index is 535. The first-order valence-corrected chi connectivity index (χ1v) is 7.30. The van der Waals surface area contributed by atoms with Crippen molar-refractivity contribution >= 4 is 5.78 Å². The molecule has 0 radical (unpaired) electrons. The zero-order valence-electron chi connectivity index (χ0n) is 13.3. The first-order valence-electron chi connectivity index (χ1n) is 7.30. The van der Waals surface area contributed by atoms with Crippen molar-refractivity contribution in [3.05, 3.63) is 34.4 Å². The van der Waals surface area contributed by atoms with Gasteiger partial charge in [0.1, 0.15) is 0 Å². The summed E-state index contributed by atoms with van der Waals surface area (Å²) in [5, 5.41) is 0. The molecule has 0 spiro atoms. The van der Waals surface area contributed by atoms with E-state index in [1.54, 1.807) is 6.92 Å². The first-order chi connectivity index (χ1) is 8.64. The highest BCUT2D eigenvalue weighted by Crippen LogP contribution is 2.55. The lowest BCUT2D eigenvalue weighted by molar-refractivity contribution is 0.101. The standard InChI is InChI=1S/C18H26O/c1-8-16-17(4,5)14-9-11(2)13(12(3)19)10-15(14)18(16,6)7/h9-10,16H,8H2,1-7H3/t16-/m0/s1. The van der Waals surface area contributed by atoms with Crippen LogP contribution in [-0.2, 0) is 10.8 Å². The lowest BCUT2D eigenvalue weighted by Crippen LogP contribution is -2.33. The topological polar surface area (TPSA) is 17.1 Å². The van der Waals surface area contributed by atoms with E-state index in [0.717, 1.165) is 11.1 Å². The highest BCUT2D eigenvalue weighted by molar-refractivity contribution is 5.96. The van der Waals surface area contributed by atoms with Crippen LogP contribution in [0, 0.1) is 12.8 Å². The molecule has 1 nitrogen and oxygen atoms in total. The molecular weight excluding hydrogens is 232 g/mol. The van der Waals surface area contributed by atoms with E-state index in [1.807, 2.05) is 0 Å². The van der Waals surface area contributed by atoms with Crippen LogP contribution in [0.3, 0.4) is 0 Å². The molecule has 1 aliphatic carbocycles. The van der Waals surface area contributed by atoms with Crippen molar-refractivity contribution in [1.82, 2.24) is 0 Å². The highest BCUT2D eigenvalue weighted by atomic mass is 16.1. The summed E-state index contributed by atoms with van der Waals surface area (Å²) >= 11 is 0. The van der Waals surface area contributed by atoms with Crippen LogP contribution < -0.4 is 0 Å². The van der Waals surface area contributed by atoms with E-state index in [1.165, 1.54) is 17.5 Å². The third-order valence-electron chi connectivity index (χ3n) is 5.28. The molecule has 1 aromatic rings. The van der Waals surface area contributed by atoms with Crippen molar-refractivity contribution in [3.63, 3.8) is 0 Å². The van der Waals surface area contributed by atoms with E-state index < -0.39 is 0 Å². The summed E-state index contributed by atoms with van der Waals surface area (Å²) in [5.41, 5.74) is 5.15. The minimum Gasteiger partial charge on any atom is -0.295 e. The van der Waals surface area contributed by atoms with E-state index in [0.29, 0.717) is 5.92 Å². The predicted octanol–water partition coefficient (Wildman–Crippen LogP) is 4.79. The summed E-state index contributed by atoms with van der Waals surface area (Å²) in [5.74, 6) is 0.797. The Morgan fingerprint density at radius 2 is 1.58 bits per heavy atom. The molecule has 0 amide bonds. The third kappa shape index (κ3) is 1.86. The van der Waals surface area contributed by atoms with Gasteiger partial charge in [0.25, 0.3) is 0 Å². The molecule has 0 aliphatic heterocycles. The van der Waals surface area contributed by atoms with Crippen molar-refractivity contribution < 1.29 is 4.79 Å². The van der Waals surface area contributed by atoms with Gasteiger partial charge in [-0.25, -0.2) is 0 Å². The first kappa shape index (κ1) is 14.3. The number of hydrogen-bond donors (Lipinski definition) is 0. The van der Waals surface area contributed by atoms with Crippen LogP contribution in [0.25, 0.3) is 0 Å². The molecular formula is C18H26O. The normalized spacial score (nSPS) is 23.2. The number of rotatable bonds is 2. The second-order valence-corrected chi connectivity index (χ2v) is 7.17. The molecule has 0 bridgehead atoms. The van der Waals surface area contributed by atoms with E-state index in [-0.39, 0.29) is 16.6 Å². The Morgan fingerprint density at radius 3 is 2.00 bits per heavy atom. The maximum atomic E-state index is 11.8. The zero-order valence-corrected chi connectivity index (χ0v) is 13.3. The minimum atomic E-state index is 0.144. The Balaban J connectivity index is 2.75. The fourth-order valence-corrected chi connectivity index (χ4v) is 4.45. The van der Waals surface area contributed by atoms with Crippen LogP contribution in [0.2, 0.25) is 0 Å². The number of ketones is 1. The summed E-state index contributed by atoms with van der Waals surface area (Å²) in [6.07, 6.45) is 1.17. The average Bonchev–Trinajstić information content (AvgIpc) is 2.41. The van der Waals surface area contributed by atoms with Gasteiger partial charge in [0.15, 0.2) is 5.78 Å². The summed E-state index contributed by atoms with van der Waals surface area (Å²) in [6.45, 7) is 15.3. The van der Waals surface area contributed by atoms with Gasteiger partial charge in [-0.1, -0.05) is 47.1 Å². The SMILES string of the molecule is CC[C@H]1C(C)(C)c2cc(C)c(C(C)=O)cc2C1(C)C.